The number of likely N-dealkylation sites (tertiary alicyclic amines) is 1. The Morgan fingerprint density at radius 1 is 1.00 bits per heavy atom. The third-order valence-corrected chi connectivity index (χ3v) is 4.07. The van der Waals surface area contributed by atoms with Gasteiger partial charge < -0.3 is 9.64 Å². The molecule has 1 saturated heterocycles. The highest BCUT2D eigenvalue weighted by atomic mass is 19.4. The second-order valence-corrected chi connectivity index (χ2v) is 7.11. The molecule has 0 aliphatic carbocycles. The van der Waals surface area contributed by atoms with E-state index in [4.69, 9.17) is 4.74 Å². The summed E-state index contributed by atoms with van der Waals surface area (Å²) < 4.78 is 45.2. The average molecular weight is 315 g/mol. The number of alkyl halides is 3. The molecule has 0 saturated carbocycles. The minimum atomic E-state index is -4.36. The van der Waals surface area contributed by atoms with Gasteiger partial charge in [0.25, 0.3) is 0 Å². The molecule has 1 aliphatic heterocycles. The molecule has 1 aromatic carbocycles. The minimum absolute atomic E-state index is 0.00694. The maximum absolute atomic E-state index is 13.1. The summed E-state index contributed by atoms with van der Waals surface area (Å²) in [6, 6.07) is 4.09. The van der Waals surface area contributed by atoms with Crippen LogP contribution in [-0.4, -0.2) is 31.1 Å². The van der Waals surface area contributed by atoms with Crippen LogP contribution < -0.4 is 4.74 Å². The molecule has 0 bridgehead atoms. The lowest BCUT2D eigenvalue weighted by molar-refractivity contribution is -0.137. The molecule has 0 aromatic heterocycles. The van der Waals surface area contributed by atoms with E-state index in [2.05, 4.69) is 4.90 Å². The molecule has 124 valence electrons. The molecule has 2 nitrogen and oxygen atoms in total. The molecular formula is C17H24F3NO. The Bertz CT molecular complexity index is 479. The van der Waals surface area contributed by atoms with Gasteiger partial charge in [0.1, 0.15) is 11.9 Å². The van der Waals surface area contributed by atoms with Crippen molar-refractivity contribution in [3.8, 4) is 5.75 Å². The number of rotatable bonds is 2. The van der Waals surface area contributed by atoms with Crippen LogP contribution in [0.25, 0.3) is 0 Å². The van der Waals surface area contributed by atoms with E-state index >= 15 is 0 Å². The number of piperidine rings is 1. The second-order valence-electron chi connectivity index (χ2n) is 7.11. The third kappa shape index (κ3) is 4.38. The van der Waals surface area contributed by atoms with Gasteiger partial charge in [0.05, 0.1) is 5.56 Å². The summed E-state index contributed by atoms with van der Waals surface area (Å²) in [7, 11) is 2.04. The Morgan fingerprint density at radius 3 is 2.05 bits per heavy atom. The molecule has 0 unspecified atom stereocenters. The van der Waals surface area contributed by atoms with E-state index in [0.29, 0.717) is 11.3 Å². The van der Waals surface area contributed by atoms with E-state index in [0.717, 1.165) is 32.0 Å². The summed E-state index contributed by atoms with van der Waals surface area (Å²) in [5.74, 6) is 0.328. The van der Waals surface area contributed by atoms with Crippen molar-refractivity contribution in [2.75, 3.05) is 20.1 Å². The van der Waals surface area contributed by atoms with Crippen molar-refractivity contribution >= 4 is 0 Å². The predicted octanol–water partition coefficient (Wildman–Crippen LogP) is 4.48. The predicted molar refractivity (Wildman–Crippen MR) is 81.3 cm³/mol. The van der Waals surface area contributed by atoms with Crippen LogP contribution in [0.15, 0.2) is 18.2 Å². The summed E-state index contributed by atoms with van der Waals surface area (Å²) in [5.41, 5.74) is -0.348. The van der Waals surface area contributed by atoms with Gasteiger partial charge >= 0.3 is 6.18 Å². The number of ether oxygens (including phenoxy) is 1. The number of nitrogens with zero attached hydrogens (tertiary/aromatic N) is 1. The summed E-state index contributed by atoms with van der Waals surface area (Å²) in [6.45, 7) is 7.54. The number of benzene rings is 1. The molecule has 0 atom stereocenters. The van der Waals surface area contributed by atoms with Crippen molar-refractivity contribution in [2.45, 2.75) is 51.3 Å². The van der Waals surface area contributed by atoms with Crippen LogP contribution in [0.2, 0.25) is 0 Å². The summed E-state index contributed by atoms with van der Waals surface area (Å²) in [6.07, 6.45) is -2.67. The molecular weight excluding hydrogens is 291 g/mol. The van der Waals surface area contributed by atoms with E-state index in [9.17, 15) is 13.2 Å². The zero-order valence-electron chi connectivity index (χ0n) is 13.6. The molecule has 0 radical (unpaired) electrons. The first-order chi connectivity index (χ1) is 10.1. The lowest BCUT2D eigenvalue weighted by Crippen LogP contribution is -2.35. The van der Waals surface area contributed by atoms with Gasteiger partial charge in [-0.3, -0.25) is 0 Å². The lowest BCUT2D eigenvalue weighted by atomic mass is 9.86. The Labute approximate surface area is 130 Å². The van der Waals surface area contributed by atoms with Crippen molar-refractivity contribution in [3.05, 3.63) is 29.3 Å². The van der Waals surface area contributed by atoms with Crippen molar-refractivity contribution in [1.82, 2.24) is 4.90 Å². The van der Waals surface area contributed by atoms with E-state index in [1.54, 1.807) is 6.07 Å². The normalized spacial score (nSPS) is 18.5. The molecule has 1 aromatic rings. The maximum atomic E-state index is 13.1. The zero-order valence-corrected chi connectivity index (χ0v) is 13.6. The zero-order chi connectivity index (χ0) is 16.5. The van der Waals surface area contributed by atoms with Gasteiger partial charge in [-0.2, -0.15) is 13.2 Å². The van der Waals surface area contributed by atoms with Gasteiger partial charge in [-0.15, -0.1) is 0 Å². The SMILES string of the molecule is CN1CCC(Oc2cc(C(C)(C)C)cc(C(F)(F)F)c2)CC1. The van der Waals surface area contributed by atoms with Crippen molar-refractivity contribution < 1.29 is 17.9 Å². The van der Waals surface area contributed by atoms with Crippen molar-refractivity contribution in [2.24, 2.45) is 0 Å². The van der Waals surface area contributed by atoms with E-state index in [1.165, 1.54) is 6.07 Å². The number of hydrogen-bond acceptors (Lipinski definition) is 2. The summed E-state index contributed by atoms with van der Waals surface area (Å²) >= 11 is 0. The van der Waals surface area contributed by atoms with Crippen LogP contribution in [-0.2, 0) is 11.6 Å². The Balaban J connectivity index is 2.26. The molecule has 0 spiro atoms. The molecule has 22 heavy (non-hydrogen) atoms. The lowest BCUT2D eigenvalue weighted by Gasteiger charge is -2.30. The van der Waals surface area contributed by atoms with Crippen LogP contribution in [0.4, 0.5) is 13.2 Å². The average Bonchev–Trinajstić information content (AvgIpc) is 2.39. The third-order valence-electron chi connectivity index (χ3n) is 4.07. The highest BCUT2D eigenvalue weighted by Gasteiger charge is 2.33. The van der Waals surface area contributed by atoms with Gasteiger partial charge in [0.15, 0.2) is 0 Å². The van der Waals surface area contributed by atoms with Crippen LogP contribution >= 0.6 is 0 Å². The fourth-order valence-corrected chi connectivity index (χ4v) is 2.56. The topological polar surface area (TPSA) is 12.5 Å². The van der Waals surface area contributed by atoms with Crippen LogP contribution in [0.5, 0.6) is 5.75 Å². The first-order valence-electron chi connectivity index (χ1n) is 7.63. The van der Waals surface area contributed by atoms with Crippen molar-refractivity contribution in [1.29, 1.82) is 0 Å². The quantitative estimate of drug-likeness (QED) is 0.798. The monoisotopic (exact) mass is 315 g/mol. The van der Waals surface area contributed by atoms with Crippen LogP contribution in [0.1, 0.15) is 44.7 Å². The van der Waals surface area contributed by atoms with Gasteiger partial charge in [-0.05, 0) is 49.1 Å². The van der Waals surface area contributed by atoms with Gasteiger partial charge in [0, 0.05) is 13.1 Å². The van der Waals surface area contributed by atoms with E-state index in [-0.39, 0.29) is 11.5 Å². The van der Waals surface area contributed by atoms with Gasteiger partial charge in [0.2, 0.25) is 0 Å². The Kier molecular flexibility index (Phi) is 4.76. The van der Waals surface area contributed by atoms with Crippen molar-refractivity contribution in [3.63, 3.8) is 0 Å². The molecule has 5 heteroatoms. The van der Waals surface area contributed by atoms with Crippen LogP contribution in [0.3, 0.4) is 0 Å². The first kappa shape index (κ1) is 17.1. The molecule has 0 N–H and O–H groups in total. The molecule has 0 amide bonds. The largest absolute Gasteiger partial charge is 0.490 e. The standard InChI is InChI=1S/C17H24F3NO/c1-16(2,3)12-9-13(17(18,19)20)11-15(10-12)22-14-5-7-21(4)8-6-14/h9-11,14H,5-8H2,1-4H3. The fraction of sp³-hybridized carbons (Fsp3) is 0.647. The Hall–Kier alpha value is -1.23. The van der Waals surface area contributed by atoms with Crippen LogP contribution in [0, 0.1) is 0 Å². The highest BCUT2D eigenvalue weighted by Crippen LogP contribution is 2.36. The Morgan fingerprint density at radius 2 is 1.55 bits per heavy atom. The number of halogens is 3. The van der Waals surface area contributed by atoms with Gasteiger partial charge in [-0.1, -0.05) is 20.8 Å². The second kappa shape index (κ2) is 6.11. The fourth-order valence-electron chi connectivity index (χ4n) is 2.56. The maximum Gasteiger partial charge on any atom is 0.416 e. The molecule has 1 heterocycles. The van der Waals surface area contributed by atoms with E-state index in [1.807, 2.05) is 27.8 Å². The minimum Gasteiger partial charge on any atom is -0.490 e. The van der Waals surface area contributed by atoms with E-state index < -0.39 is 11.7 Å². The number of hydrogen-bond donors (Lipinski definition) is 0. The first-order valence-corrected chi connectivity index (χ1v) is 7.63. The smallest absolute Gasteiger partial charge is 0.416 e. The highest BCUT2D eigenvalue weighted by molar-refractivity contribution is 5.39. The molecule has 2 rings (SSSR count). The molecule has 1 fully saturated rings. The summed E-state index contributed by atoms with van der Waals surface area (Å²) in [4.78, 5) is 2.20. The summed E-state index contributed by atoms with van der Waals surface area (Å²) in [5, 5.41) is 0. The molecule has 1 aliphatic rings. The van der Waals surface area contributed by atoms with Gasteiger partial charge in [-0.25, -0.2) is 0 Å².